The Morgan fingerprint density at radius 3 is 2.61 bits per heavy atom. The minimum absolute atomic E-state index is 0.520. The SMILES string of the molecule is C1=C[C@@H](N2CCN(C[C@H]3CCCO3)CC2)CCC1. The average Bonchev–Trinajstić information content (AvgIpc) is 2.94. The normalized spacial score (nSPS) is 35.1. The zero-order chi connectivity index (χ0) is 12.2. The Balaban J connectivity index is 1.42. The standard InChI is InChI=1S/C15H26N2O/c1-2-5-14(6-3-1)17-10-8-16(9-11-17)13-15-7-4-12-18-15/h2,5,14-15H,1,3-4,6-13H2/t14-,15-/m1/s1. The number of piperazine rings is 1. The van der Waals surface area contributed by atoms with Crippen molar-refractivity contribution in [2.24, 2.45) is 0 Å². The van der Waals surface area contributed by atoms with E-state index in [2.05, 4.69) is 22.0 Å². The number of ether oxygens (including phenoxy) is 1. The molecule has 0 aromatic rings. The van der Waals surface area contributed by atoms with Crippen molar-refractivity contribution in [3.05, 3.63) is 12.2 Å². The van der Waals surface area contributed by atoms with E-state index in [1.165, 1.54) is 58.3 Å². The fourth-order valence-corrected chi connectivity index (χ4v) is 3.45. The summed E-state index contributed by atoms with van der Waals surface area (Å²) >= 11 is 0. The van der Waals surface area contributed by atoms with Crippen LogP contribution in [0.3, 0.4) is 0 Å². The number of allylic oxidation sites excluding steroid dienone is 1. The zero-order valence-electron chi connectivity index (χ0n) is 11.4. The van der Waals surface area contributed by atoms with Crippen LogP contribution in [0.15, 0.2) is 12.2 Å². The minimum atomic E-state index is 0.520. The molecule has 0 spiro atoms. The van der Waals surface area contributed by atoms with Crippen LogP contribution in [-0.4, -0.2) is 61.3 Å². The summed E-state index contributed by atoms with van der Waals surface area (Å²) < 4.78 is 5.73. The van der Waals surface area contributed by atoms with E-state index >= 15 is 0 Å². The van der Waals surface area contributed by atoms with Gasteiger partial charge in [-0.25, -0.2) is 0 Å². The minimum Gasteiger partial charge on any atom is -0.377 e. The van der Waals surface area contributed by atoms with Gasteiger partial charge in [-0.3, -0.25) is 9.80 Å². The summed E-state index contributed by atoms with van der Waals surface area (Å²) in [5, 5.41) is 0. The summed E-state index contributed by atoms with van der Waals surface area (Å²) in [6.07, 6.45) is 11.9. The van der Waals surface area contributed by atoms with Gasteiger partial charge in [0.05, 0.1) is 6.10 Å². The van der Waals surface area contributed by atoms with Crippen molar-refractivity contribution in [1.29, 1.82) is 0 Å². The summed E-state index contributed by atoms with van der Waals surface area (Å²) in [5.41, 5.74) is 0. The monoisotopic (exact) mass is 250 g/mol. The molecular formula is C15H26N2O. The lowest BCUT2D eigenvalue weighted by atomic mass is 10.0. The van der Waals surface area contributed by atoms with Crippen LogP contribution in [0.2, 0.25) is 0 Å². The number of hydrogen-bond acceptors (Lipinski definition) is 3. The highest BCUT2D eigenvalue weighted by atomic mass is 16.5. The van der Waals surface area contributed by atoms with E-state index in [0.29, 0.717) is 6.10 Å². The van der Waals surface area contributed by atoms with Crippen molar-refractivity contribution in [1.82, 2.24) is 9.80 Å². The summed E-state index contributed by atoms with van der Waals surface area (Å²) in [6, 6.07) is 0.726. The highest BCUT2D eigenvalue weighted by Gasteiger charge is 2.25. The van der Waals surface area contributed by atoms with Gasteiger partial charge in [-0.2, -0.15) is 0 Å². The topological polar surface area (TPSA) is 15.7 Å². The third kappa shape index (κ3) is 3.14. The van der Waals surface area contributed by atoms with Gasteiger partial charge in [0.1, 0.15) is 0 Å². The molecule has 0 N–H and O–H groups in total. The first-order valence-electron chi connectivity index (χ1n) is 7.66. The Labute approximate surface area is 111 Å². The van der Waals surface area contributed by atoms with Crippen LogP contribution in [-0.2, 0) is 4.74 Å². The fraction of sp³-hybridized carbons (Fsp3) is 0.867. The van der Waals surface area contributed by atoms with Crippen LogP contribution >= 0.6 is 0 Å². The van der Waals surface area contributed by atoms with Crippen LogP contribution in [0.5, 0.6) is 0 Å². The fourth-order valence-electron chi connectivity index (χ4n) is 3.45. The molecule has 0 amide bonds. The lowest BCUT2D eigenvalue weighted by molar-refractivity contribution is 0.0436. The molecule has 0 aromatic carbocycles. The third-order valence-electron chi connectivity index (χ3n) is 4.59. The molecule has 18 heavy (non-hydrogen) atoms. The molecule has 0 radical (unpaired) electrons. The summed E-state index contributed by atoms with van der Waals surface area (Å²) in [5.74, 6) is 0. The molecule has 3 rings (SSSR count). The van der Waals surface area contributed by atoms with Crippen LogP contribution in [0.4, 0.5) is 0 Å². The van der Waals surface area contributed by atoms with Gasteiger partial charge in [0.15, 0.2) is 0 Å². The van der Waals surface area contributed by atoms with Crippen molar-refractivity contribution in [3.63, 3.8) is 0 Å². The summed E-state index contributed by atoms with van der Waals surface area (Å²) in [4.78, 5) is 5.26. The van der Waals surface area contributed by atoms with E-state index < -0.39 is 0 Å². The van der Waals surface area contributed by atoms with Crippen molar-refractivity contribution < 1.29 is 4.74 Å². The first-order valence-corrected chi connectivity index (χ1v) is 7.66. The molecule has 0 aromatic heterocycles. The number of hydrogen-bond donors (Lipinski definition) is 0. The zero-order valence-corrected chi connectivity index (χ0v) is 11.4. The van der Waals surface area contributed by atoms with Crippen molar-refractivity contribution in [2.75, 3.05) is 39.3 Å². The molecule has 1 aliphatic carbocycles. The van der Waals surface area contributed by atoms with Crippen LogP contribution in [0.1, 0.15) is 32.1 Å². The Bertz CT molecular complexity index is 278. The van der Waals surface area contributed by atoms with Crippen molar-refractivity contribution in [2.45, 2.75) is 44.2 Å². The lowest BCUT2D eigenvalue weighted by Gasteiger charge is -2.39. The highest BCUT2D eigenvalue weighted by Crippen LogP contribution is 2.19. The molecule has 0 unspecified atom stereocenters. The Morgan fingerprint density at radius 1 is 1.06 bits per heavy atom. The van der Waals surface area contributed by atoms with Crippen LogP contribution in [0.25, 0.3) is 0 Å². The first kappa shape index (κ1) is 12.6. The molecule has 3 heteroatoms. The number of rotatable bonds is 3. The molecule has 2 aliphatic heterocycles. The van der Waals surface area contributed by atoms with Crippen LogP contribution < -0.4 is 0 Å². The van der Waals surface area contributed by atoms with E-state index in [0.717, 1.165) is 19.2 Å². The molecule has 2 saturated heterocycles. The summed E-state index contributed by atoms with van der Waals surface area (Å²) in [7, 11) is 0. The first-order chi connectivity index (χ1) is 8.92. The molecule has 102 valence electrons. The molecule has 2 atom stereocenters. The summed E-state index contributed by atoms with van der Waals surface area (Å²) in [6.45, 7) is 7.07. The van der Waals surface area contributed by atoms with Gasteiger partial charge in [0, 0.05) is 45.4 Å². The van der Waals surface area contributed by atoms with E-state index in [9.17, 15) is 0 Å². The third-order valence-corrected chi connectivity index (χ3v) is 4.59. The largest absolute Gasteiger partial charge is 0.377 e. The maximum Gasteiger partial charge on any atom is 0.0702 e. The van der Waals surface area contributed by atoms with Gasteiger partial charge >= 0.3 is 0 Å². The van der Waals surface area contributed by atoms with Crippen molar-refractivity contribution >= 4 is 0 Å². The van der Waals surface area contributed by atoms with E-state index in [1.54, 1.807) is 0 Å². The Morgan fingerprint density at radius 2 is 1.94 bits per heavy atom. The average molecular weight is 250 g/mol. The van der Waals surface area contributed by atoms with Gasteiger partial charge in [-0.15, -0.1) is 0 Å². The Hall–Kier alpha value is -0.380. The van der Waals surface area contributed by atoms with E-state index in [4.69, 9.17) is 4.74 Å². The van der Waals surface area contributed by atoms with Gasteiger partial charge in [0.25, 0.3) is 0 Å². The quantitative estimate of drug-likeness (QED) is 0.712. The maximum atomic E-state index is 5.73. The molecule has 0 bridgehead atoms. The highest BCUT2D eigenvalue weighted by molar-refractivity contribution is 4.99. The lowest BCUT2D eigenvalue weighted by Crippen LogP contribution is -2.51. The van der Waals surface area contributed by atoms with Crippen LogP contribution in [0, 0.1) is 0 Å². The molecule has 2 fully saturated rings. The molecular weight excluding hydrogens is 224 g/mol. The predicted octanol–water partition coefficient (Wildman–Crippen LogP) is 1.89. The van der Waals surface area contributed by atoms with Gasteiger partial charge in [-0.1, -0.05) is 12.2 Å². The van der Waals surface area contributed by atoms with Gasteiger partial charge < -0.3 is 4.74 Å². The smallest absolute Gasteiger partial charge is 0.0702 e. The molecule has 3 aliphatic rings. The van der Waals surface area contributed by atoms with Gasteiger partial charge in [-0.05, 0) is 32.1 Å². The molecule has 3 nitrogen and oxygen atoms in total. The second kappa shape index (κ2) is 6.18. The second-order valence-electron chi connectivity index (χ2n) is 5.90. The van der Waals surface area contributed by atoms with Crippen molar-refractivity contribution in [3.8, 4) is 0 Å². The Kier molecular flexibility index (Phi) is 4.34. The maximum absolute atomic E-state index is 5.73. The van der Waals surface area contributed by atoms with Gasteiger partial charge in [0.2, 0.25) is 0 Å². The molecule has 0 saturated carbocycles. The predicted molar refractivity (Wildman–Crippen MR) is 73.8 cm³/mol. The van der Waals surface area contributed by atoms with E-state index in [-0.39, 0.29) is 0 Å². The molecule has 2 heterocycles. The number of nitrogens with zero attached hydrogens (tertiary/aromatic N) is 2. The van der Waals surface area contributed by atoms with E-state index in [1.807, 2.05) is 0 Å². The second-order valence-corrected chi connectivity index (χ2v) is 5.90.